The molecule has 0 fully saturated rings. The molecule has 0 aromatic heterocycles. The standard InChI is InChI=1S/C31H49NO3Si2/c1-30(2,3)36(8,9)34-28-24-22-18-15-19-23(22)26(32-20-21-16-13-12-14-17-21)27(33-7)25(24)29(28)35-37(10,11)31(4,5)6/h12-14,16-17,28-29,32H,15,18-20H2,1-11H3/t28-,29-/m0/s1. The van der Waals surface area contributed by atoms with Crippen LogP contribution in [0.2, 0.25) is 36.3 Å². The van der Waals surface area contributed by atoms with Crippen LogP contribution in [0.3, 0.4) is 0 Å². The maximum Gasteiger partial charge on any atom is 0.193 e. The highest BCUT2D eigenvalue weighted by Gasteiger charge is 2.53. The number of anilines is 1. The molecule has 2 aliphatic rings. The monoisotopic (exact) mass is 539 g/mol. The van der Waals surface area contributed by atoms with Crippen molar-refractivity contribution in [1.82, 2.24) is 0 Å². The zero-order chi connectivity index (χ0) is 27.4. The predicted octanol–water partition coefficient (Wildman–Crippen LogP) is 8.94. The van der Waals surface area contributed by atoms with Crippen LogP contribution in [0.4, 0.5) is 5.69 Å². The second-order valence-corrected chi connectivity index (χ2v) is 23.5. The lowest BCUT2D eigenvalue weighted by Gasteiger charge is -2.51. The molecule has 1 N–H and O–H groups in total. The lowest BCUT2D eigenvalue weighted by molar-refractivity contribution is 0.00137. The quantitative estimate of drug-likeness (QED) is 0.340. The van der Waals surface area contributed by atoms with Crippen LogP contribution in [-0.2, 0) is 28.2 Å². The van der Waals surface area contributed by atoms with Gasteiger partial charge < -0.3 is 18.9 Å². The van der Waals surface area contributed by atoms with Crippen molar-refractivity contribution >= 4 is 22.3 Å². The van der Waals surface area contributed by atoms with E-state index in [1.807, 2.05) is 7.11 Å². The molecule has 0 saturated carbocycles. The van der Waals surface area contributed by atoms with E-state index >= 15 is 0 Å². The molecule has 0 saturated heterocycles. The molecule has 0 heterocycles. The third-order valence-electron chi connectivity index (χ3n) is 9.42. The van der Waals surface area contributed by atoms with Crippen LogP contribution in [0.5, 0.6) is 5.75 Å². The zero-order valence-corrected chi connectivity index (χ0v) is 27.1. The Morgan fingerprint density at radius 3 is 1.81 bits per heavy atom. The van der Waals surface area contributed by atoms with Crippen molar-refractivity contribution in [3.05, 3.63) is 58.1 Å². The van der Waals surface area contributed by atoms with Gasteiger partial charge in [-0.25, -0.2) is 0 Å². The molecule has 0 spiro atoms. The molecule has 2 aromatic carbocycles. The van der Waals surface area contributed by atoms with E-state index in [-0.39, 0.29) is 22.3 Å². The van der Waals surface area contributed by atoms with E-state index < -0.39 is 16.6 Å². The van der Waals surface area contributed by atoms with Gasteiger partial charge in [-0.1, -0.05) is 71.9 Å². The van der Waals surface area contributed by atoms with Crippen LogP contribution in [0.1, 0.15) is 88.0 Å². The summed E-state index contributed by atoms with van der Waals surface area (Å²) < 4.78 is 20.6. The minimum atomic E-state index is -2.06. The summed E-state index contributed by atoms with van der Waals surface area (Å²) in [4.78, 5) is 0. The van der Waals surface area contributed by atoms with Crippen molar-refractivity contribution in [3.63, 3.8) is 0 Å². The van der Waals surface area contributed by atoms with Gasteiger partial charge in [0.25, 0.3) is 0 Å². The van der Waals surface area contributed by atoms with Gasteiger partial charge in [0.05, 0.1) is 12.8 Å². The molecule has 4 rings (SSSR count). The Morgan fingerprint density at radius 2 is 1.30 bits per heavy atom. The van der Waals surface area contributed by atoms with Gasteiger partial charge in [-0.2, -0.15) is 0 Å². The van der Waals surface area contributed by atoms with E-state index in [2.05, 4.69) is 103 Å². The maximum absolute atomic E-state index is 7.19. The molecule has 2 aromatic rings. The number of nitrogens with one attached hydrogen (secondary N) is 1. The van der Waals surface area contributed by atoms with Gasteiger partial charge in [0.15, 0.2) is 16.6 Å². The lowest BCUT2D eigenvalue weighted by atomic mass is 9.76. The number of benzene rings is 2. The van der Waals surface area contributed by atoms with Gasteiger partial charge in [0, 0.05) is 12.1 Å². The molecule has 2 atom stereocenters. The van der Waals surface area contributed by atoms with E-state index in [0.717, 1.165) is 30.8 Å². The average molecular weight is 540 g/mol. The molecule has 6 heteroatoms. The summed E-state index contributed by atoms with van der Waals surface area (Å²) in [6.45, 7) is 24.1. The first-order valence-electron chi connectivity index (χ1n) is 14.0. The van der Waals surface area contributed by atoms with Gasteiger partial charge in [-0.05, 0) is 77.8 Å². The lowest BCUT2D eigenvalue weighted by Crippen LogP contribution is -2.49. The van der Waals surface area contributed by atoms with Crippen LogP contribution >= 0.6 is 0 Å². The van der Waals surface area contributed by atoms with Crippen molar-refractivity contribution in [2.45, 2.75) is 116 Å². The summed E-state index contributed by atoms with van der Waals surface area (Å²) >= 11 is 0. The van der Waals surface area contributed by atoms with Crippen LogP contribution in [0.15, 0.2) is 30.3 Å². The number of hydrogen-bond acceptors (Lipinski definition) is 4. The van der Waals surface area contributed by atoms with E-state index in [1.165, 1.54) is 34.2 Å². The topological polar surface area (TPSA) is 39.7 Å². The van der Waals surface area contributed by atoms with E-state index in [4.69, 9.17) is 13.6 Å². The Morgan fingerprint density at radius 1 is 0.784 bits per heavy atom. The minimum Gasteiger partial charge on any atom is -0.494 e. The van der Waals surface area contributed by atoms with Gasteiger partial charge in [-0.3, -0.25) is 0 Å². The molecular formula is C31H49NO3Si2. The second kappa shape index (κ2) is 9.85. The molecule has 0 radical (unpaired) electrons. The minimum absolute atomic E-state index is 0.0195. The molecule has 204 valence electrons. The second-order valence-electron chi connectivity index (χ2n) is 14.0. The Labute approximate surface area is 227 Å². The van der Waals surface area contributed by atoms with Gasteiger partial charge in [0.2, 0.25) is 0 Å². The first kappa shape index (κ1) is 28.4. The average Bonchev–Trinajstić information content (AvgIpc) is 3.27. The molecule has 4 nitrogen and oxygen atoms in total. The summed E-state index contributed by atoms with van der Waals surface area (Å²) in [6.07, 6.45) is 3.25. The van der Waals surface area contributed by atoms with Crippen molar-refractivity contribution < 1.29 is 13.6 Å². The first-order valence-corrected chi connectivity index (χ1v) is 19.8. The molecule has 0 unspecified atom stereocenters. The zero-order valence-electron chi connectivity index (χ0n) is 25.1. The fourth-order valence-electron chi connectivity index (χ4n) is 5.10. The molecule has 0 aliphatic heterocycles. The summed E-state index contributed by atoms with van der Waals surface area (Å²) in [7, 11) is -2.27. The van der Waals surface area contributed by atoms with Crippen LogP contribution in [0, 0.1) is 0 Å². The molecule has 2 aliphatic carbocycles. The molecule has 37 heavy (non-hydrogen) atoms. The molecular weight excluding hydrogens is 491 g/mol. The predicted molar refractivity (Wildman–Crippen MR) is 161 cm³/mol. The Hall–Kier alpha value is -1.61. The highest BCUT2D eigenvalue weighted by Crippen LogP contribution is 2.62. The van der Waals surface area contributed by atoms with Crippen molar-refractivity contribution in [2.75, 3.05) is 12.4 Å². The van der Waals surface area contributed by atoms with Crippen molar-refractivity contribution in [2.24, 2.45) is 0 Å². The number of ether oxygens (including phenoxy) is 1. The Bertz CT molecular complexity index is 1130. The summed E-state index contributed by atoms with van der Waals surface area (Å²) in [6, 6.07) is 10.6. The molecule has 0 bridgehead atoms. The number of fused-ring (bicyclic) bond motifs is 3. The first-order chi connectivity index (χ1) is 17.1. The largest absolute Gasteiger partial charge is 0.494 e. The maximum atomic E-state index is 7.19. The van der Waals surface area contributed by atoms with E-state index in [0.29, 0.717) is 0 Å². The van der Waals surface area contributed by atoms with Gasteiger partial charge in [0.1, 0.15) is 18.0 Å². The van der Waals surface area contributed by atoms with E-state index in [9.17, 15) is 0 Å². The Balaban J connectivity index is 1.82. The van der Waals surface area contributed by atoms with Crippen molar-refractivity contribution in [3.8, 4) is 5.75 Å². The molecule has 0 amide bonds. The highest BCUT2D eigenvalue weighted by atomic mass is 28.4. The summed E-state index contributed by atoms with van der Waals surface area (Å²) in [5.41, 5.74) is 7.92. The summed E-state index contributed by atoms with van der Waals surface area (Å²) in [5, 5.41) is 4.03. The fraction of sp³-hybridized carbons (Fsp3) is 0.613. The highest BCUT2D eigenvalue weighted by molar-refractivity contribution is 6.74. The van der Waals surface area contributed by atoms with Crippen LogP contribution < -0.4 is 10.1 Å². The number of hydrogen-bond donors (Lipinski definition) is 1. The SMILES string of the molecule is COc1c(NCc2ccccc2)c2c(c3c1[C@H](O[Si](C)(C)C(C)(C)C)[C@H]3O[Si](C)(C)C(C)(C)C)CCC2. The van der Waals surface area contributed by atoms with E-state index in [1.54, 1.807) is 0 Å². The number of methoxy groups -OCH3 is 1. The third-order valence-corrected chi connectivity index (χ3v) is 18.3. The number of rotatable bonds is 8. The summed E-state index contributed by atoms with van der Waals surface area (Å²) in [5.74, 6) is 0.963. The van der Waals surface area contributed by atoms with Crippen LogP contribution in [-0.4, -0.2) is 23.7 Å². The normalized spacial score (nSPS) is 19.8. The van der Waals surface area contributed by atoms with Crippen molar-refractivity contribution in [1.29, 1.82) is 0 Å². The van der Waals surface area contributed by atoms with Gasteiger partial charge >= 0.3 is 0 Å². The van der Waals surface area contributed by atoms with Gasteiger partial charge in [-0.15, -0.1) is 0 Å². The van der Waals surface area contributed by atoms with Crippen LogP contribution in [0.25, 0.3) is 0 Å². The smallest absolute Gasteiger partial charge is 0.193 e. The third kappa shape index (κ3) is 5.19. The fourth-order valence-corrected chi connectivity index (χ4v) is 7.56. The Kier molecular flexibility index (Phi) is 7.56.